The van der Waals surface area contributed by atoms with E-state index in [1.54, 1.807) is 13.2 Å². The summed E-state index contributed by atoms with van der Waals surface area (Å²) in [5, 5.41) is 2.37. The second kappa shape index (κ2) is 9.22. The number of carbonyl (C=O) groups excluding carboxylic acids is 3. The van der Waals surface area contributed by atoms with Gasteiger partial charge in [0, 0.05) is 17.1 Å². The summed E-state index contributed by atoms with van der Waals surface area (Å²) in [5.41, 5.74) is 4.40. The van der Waals surface area contributed by atoms with Crippen molar-refractivity contribution in [3.8, 4) is 11.4 Å². The van der Waals surface area contributed by atoms with Gasteiger partial charge in [0.2, 0.25) is 0 Å². The molecule has 4 aliphatic carbocycles. The van der Waals surface area contributed by atoms with Gasteiger partial charge < -0.3 is 9.30 Å². The van der Waals surface area contributed by atoms with Gasteiger partial charge in [-0.2, -0.15) is 0 Å². The first kappa shape index (κ1) is 24.9. The number of barbiturate groups is 1. The van der Waals surface area contributed by atoms with Gasteiger partial charge in [0.25, 0.3) is 11.8 Å². The molecule has 1 saturated heterocycles. The van der Waals surface area contributed by atoms with Crippen LogP contribution in [0.5, 0.6) is 5.75 Å². The minimum absolute atomic E-state index is 0.0855. The molecule has 3 aromatic rings. The highest BCUT2D eigenvalue weighted by atomic mass is 16.5. The van der Waals surface area contributed by atoms with Gasteiger partial charge in [0.05, 0.1) is 12.8 Å². The van der Waals surface area contributed by atoms with Crippen LogP contribution in [0.1, 0.15) is 55.5 Å². The zero-order chi connectivity index (χ0) is 27.6. The van der Waals surface area contributed by atoms with Crippen LogP contribution in [0.3, 0.4) is 0 Å². The topological polar surface area (TPSA) is 80.6 Å². The van der Waals surface area contributed by atoms with E-state index in [1.165, 1.54) is 44.1 Å². The fourth-order valence-electron chi connectivity index (χ4n) is 8.22. The third kappa shape index (κ3) is 3.98. The van der Waals surface area contributed by atoms with Crippen molar-refractivity contribution in [1.82, 2.24) is 9.88 Å². The van der Waals surface area contributed by atoms with Crippen LogP contribution in [-0.4, -0.2) is 29.5 Å². The Morgan fingerprint density at radius 2 is 1.43 bits per heavy atom. The van der Waals surface area contributed by atoms with E-state index < -0.39 is 17.8 Å². The Bertz CT molecular complexity index is 1510. The van der Waals surface area contributed by atoms with Crippen LogP contribution in [0, 0.1) is 24.7 Å². The van der Waals surface area contributed by atoms with Crippen LogP contribution < -0.4 is 15.0 Å². The molecular weight excluding hydrogens is 502 g/mol. The highest BCUT2D eigenvalue weighted by Gasteiger charge is 2.51. The number of nitrogens with zero attached hydrogens (tertiary/aromatic N) is 2. The molecule has 5 fully saturated rings. The molecular formula is C33H33N3O4. The summed E-state index contributed by atoms with van der Waals surface area (Å²) in [6, 6.07) is 18.5. The lowest BCUT2D eigenvalue weighted by atomic mass is 9.48. The van der Waals surface area contributed by atoms with Gasteiger partial charge in [-0.25, -0.2) is 9.69 Å². The Labute approximate surface area is 233 Å². The fourth-order valence-corrected chi connectivity index (χ4v) is 8.22. The molecule has 1 aliphatic heterocycles. The minimum Gasteiger partial charge on any atom is -0.497 e. The van der Waals surface area contributed by atoms with Gasteiger partial charge in [-0.3, -0.25) is 14.9 Å². The first-order valence-electron chi connectivity index (χ1n) is 14.2. The van der Waals surface area contributed by atoms with Gasteiger partial charge >= 0.3 is 6.03 Å². The number of benzene rings is 2. The van der Waals surface area contributed by atoms with Gasteiger partial charge in [-0.1, -0.05) is 12.1 Å². The number of aromatic nitrogens is 1. The molecule has 0 radical (unpaired) electrons. The molecule has 1 aromatic heterocycles. The van der Waals surface area contributed by atoms with Crippen LogP contribution in [0.15, 0.2) is 66.2 Å². The number of rotatable bonds is 5. The molecule has 0 atom stereocenters. The number of amides is 4. The van der Waals surface area contributed by atoms with Crippen molar-refractivity contribution in [2.45, 2.75) is 50.9 Å². The molecule has 7 nitrogen and oxygen atoms in total. The van der Waals surface area contributed by atoms with Crippen LogP contribution in [0.25, 0.3) is 11.8 Å². The number of imide groups is 2. The number of hydrogen-bond donors (Lipinski definition) is 1. The molecule has 2 heterocycles. The van der Waals surface area contributed by atoms with E-state index in [2.05, 4.69) is 17.4 Å². The summed E-state index contributed by atoms with van der Waals surface area (Å²) >= 11 is 0. The summed E-state index contributed by atoms with van der Waals surface area (Å²) in [7, 11) is 1.61. The lowest BCUT2D eigenvalue weighted by Gasteiger charge is -2.57. The Morgan fingerprint density at radius 1 is 0.825 bits per heavy atom. The molecule has 8 rings (SSSR count). The van der Waals surface area contributed by atoms with E-state index in [4.69, 9.17) is 4.74 Å². The molecule has 40 heavy (non-hydrogen) atoms. The largest absolute Gasteiger partial charge is 0.497 e. The third-order valence-corrected chi connectivity index (χ3v) is 9.61. The van der Waals surface area contributed by atoms with Crippen molar-refractivity contribution in [2.24, 2.45) is 17.8 Å². The molecule has 204 valence electrons. The molecule has 0 spiro atoms. The molecule has 2 aromatic carbocycles. The predicted octanol–water partition coefficient (Wildman–Crippen LogP) is 5.93. The van der Waals surface area contributed by atoms with E-state index >= 15 is 0 Å². The number of carbonyl (C=O) groups is 3. The predicted molar refractivity (Wildman–Crippen MR) is 152 cm³/mol. The van der Waals surface area contributed by atoms with Crippen LogP contribution in [0.2, 0.25) is 0 Å². The number of nitrogens with one attached hydrogen (secondary N) is 1. The smallest absolute Gasteiger partial charge is 0.335 e. The van der Waals surface area contributed by atoms with Gasteiger partial charge in [0.1, 0.15) is 11.3 Å². The van der Waals surface area contributed by atoms with Crippen molar-refractivity contribution in [3.05, 3.63) is 83.2 Å². The lowest BCUT2D eigenvalue weighted by Crippen LogP contribution is -2.54. The maximum Gasteiger partial charge on any atom is 0.335 e. The summed E-state index contributed by atoms with van der Waals surface area (Å²) in [4.78, 5) is 40.5. The van der Waals surface area contributed by atoms with E-state index in [0.29, 0.717) is 11.4 Å². The maximum absolute atomic E-state index is 13.6. The van der Waals surface area contributed by atoms with Crippen molar-refractivity contribution in [1.29, 1.82) is 0 Å². The normalized spacial score (nSPS) is 28.4. The highest BCUT2D eigenvalue weighted by molar-refractivity contribution is 6.39. The Hall–Kier alpha value is -4.13. The van der Waals surface area contributed by atoms with Crippen molar-refractivity contribution in [2.75, 3.05) is 12.0 Å². The Kier molecular flexibility index (Phi) is 5.73. The Morgan fingerprint density at radius 3 is 2.02 bits per heavy atom. The first-order chi connectivity index (χ1) is 19.3. The summed E-state index contributed by atoms with van der Waals surface area (Å²) in [6.07, 6.45) is 9.43. The number of aryl methyl sites for hydroxylation is 1. The summed E-state index contributed by atoms with van der Waals surface area (Å²) in [6.45, 7) is 1.95. The van der Waals surface area contributed by atoms with Gasteiger partial charge in [0.15, 0.2) is 0 Å². The van der Waals surface area contributed by atoms with Crippen LogP contribution in [-0.2, 0) is 15.0 Å². The number of anilines is 1. The number of urea groups is 1. The summed E-state index contributed by atoms with van der Waals surface area (Å²) < 4.78 is 7.22. The number of hydrogen-bond acceptors (Lipinski definition) is 4. The standard InChI is InChI=1S/C33H33N3O4/c1-20-3-6-27(35(20)25-9-11-28(40-2)12-10-25)16-29-30(37)34-32(39)36(31(29)38)26-7-4-24(5-8-26)33-17-21-13-22(18-33)15-23(14-21)19-33/h3-12,16,21-23H,13-15,17-19H2,1-2H3,(H,34,37,39)/b29-16+. The third-order valence-electron chi connectivity index (χ3n) is 9.61. The monoisotopic (exact) mass is 535 g/mol. The zero-order valence-electron chi connectivity index (χ0n) is 22.9. The average Bonchev–Trinajstić information content (AvgIpc) is 3.30. The molecule has 5 aliphatic rings. The molecule has 1 N–H and O–H groups in total. The molecule has 0 unspecified atom stereocenters. The van der Waals surface area contributed by atoms with Crippen LogP contribution in [0.4, 0.5) is 10.5 Å². The van der Waals surface area contributed by atoms with E-state index in [9.17, 15) is 14.4 Å². The second-order valence-electron chi connectivity index (χ2n) is 12.1. The SMILES string of the molecule is COc1ccc(-n2c(C)ccc2/C=C2\C(=O)NC(=O)N(c3ccc(C45CC6CC(CC(C6)C4)C5)cc3)C2=O)cc1. The summed E-state index contributed by atoms with van der Waals surface area (Å²) in [5.74, 6) is 1.91. The van der Waals surface area contributed by atoms with E-state index in [-0.39, 0.29) is 11.0 Å². The maximum atomic E-state index is 13.6. The van der Waals surface area contributed by atoms with Crippen molar-refractivity contribution >= 4 is 29.6 Å². The average molecular weight is 536 g/mol. The number of methoxy groups -OCH3 is 1. The zero-order valence-corrected chi connectivity index (χ0v) is 22.9. The van der Waals surface area contributed by atoms with E-state index in [1.807, 2.05) is 60.0 Å². The highest BCUT2D eigenvalue weighted by Crippen LogP contribution is 2.60. The molecule has 7 heteroatoms. The molecule has 4 bridgehead atoms. The minimum atomic E-state index is -0.726. The number of ether oxygens (including phenoxy) is 1. The van der Waals surface area contributed by atoms with E-state index in [0.717, 1.165) is 39.8 Å². The van der Waals surface area contributed by atoms with Crippen molar-refractivity contribution in [3.63, 3.8) is 0 Å². The first-order valence-corrected chi connectivity index (χ1v) is 14.2. The quantitative estimate of drug-likeness (QED) is 0.324. The lowest BCUT2D eigenvalue weighted by molar-refractivity contribution is -0.122. The second-order valence-corrected chi connectivity index (χ2v) is 12.1. The fraction of sp³-hybridized carbons (Fsp3) is 0.364. The van der Waals surface area contributed by atoms with Gasteiger partial charge in [-0.05, 0) is 129 Å². The Balaban J connectivity index is 1.19. The van der Waals surface area contributed by atoms with Gasteiger partial charge in [-0.15, -0.1) is 0 Å². The molecule has 4 saturated carbocycles. The van der Waals surface area contributed by atoms with Crippen molar-refractivity contribution < 1.29 is 19.1 Å². The molecule has 4 amide bonds. The van der Waals surface area contributed by atoms with Crippen LogP contribution >= 0.6 is 0 Å².